The molecule has 2 amide bonds. The number of amides is 2. The first-order valence-electron chi connectivity index (χ1n) is 12.7. The van der Waals surface area contributed by atoms with E-state index in [1.165, 1.54) is 24.4 Å². The zero-order valence-electron chi connectivity index (χ0n) is 22.6. The van der Waals surface area contributed by atoms with Gasteiger partial charge < -0.3 is 16.4 Å². The SMILES string of the molecule is Cc1cc(Cl)cc(C(=O)NCc2ccc(N)cc2)c1NC(=O)c1cc(Cn2nnc(C(F)(F)F)n2)nn1-c1ncccc1Cl. The van der Waals surface area contributed by atoms with E-state index in [0.717, 1.165) is 10.2 Å². The third-order valence-corrected chi connectivity index (χ3v) is 6.67. The molecule has 0 saturated carbocycles. The van der Waals surface area contributed by atoms with Crippen LogP contribution in [0.1, 0.15) is 43.5 Å². The Morgan fingerprint density at radius 3 is 2.45 bits per heavy atom. The third kappa shape index (κ3) is 6.79. The molecule has 0 aliphatic carbocycles. The highest BCUT2D eigenvalue weighted by Crippen LogP contribution is 2.28. The van der Waals surface area contributed by atoms with Crippen molar-refractivity contribution in [1.29, 1.82) is 0 Å². The molecule has 12 nitrogen and oxygen atoms in total. The maximum Gasteiger partial charge on any atom is 0.455 e. The molecule has 3 heterocycles. The number of rotatable bonds is 8. The minimum atomic E-state index is -4.79. The Balaban J connectivity index is 1.46. The summed E-state index contributed by atoms with van der Waals surface area (Å²) in [6, 6.07) is 14.3. The number of nitrogens with one attached hydrogen (secondary N) is 2. The van der Waals surface area contributed by atoms with Crippen molar-refractivity contribution in [2.45, 2.75) is 26.2 Å². The Morgan fingerprint density at radius 1 is 1.02 bits per heavy atom. The second-order valence-corrected chi connectivity index (χ2v) is 10.3. The monoisotopic (exact) mass is 644 g/mol. The third-order valence-electron chi connectivity index (χ3n) is 6.16. The minimum absolute atomic E-state index is 0.0717. The molecule has 0 spiro atoms. The first kappa shape index (κ1) is 30.4. The van der Waals surface area contributed by atoms with Crippen molar-refractivity contribution < 1.29 is 22.8 Å². The van der Waals surface area contributed by atoms with Crippen LogP contribution in [0, 0.1) is 6.92 Å². The lowest BCUT2D eigenvalue weighted by Crippen LogP contribution is -2.26. The lowest BCUT2D eigenvalue weighted by Gasteiger charge is -2.15. The van der Waals surface area contributed by atoms with Crippen LogP contribution in [0.5, 0.6) is 0 Å². The van der Waals surface area contributed by atoms with Crippen LogP contribution in [0.4, 0.5) is 24.5 Å². The number of aryl methyl sites for hydroxylation is 1. The lowest BCUT2D eigenvalue weighted by atomic mass is 10.1. The molecule has 0 unspecified atom stereocenters. The number of nitrogens with zero attached hydrogens (tertiary/aromatic N) is 7. The fourth-order valence-electron chi connectivity index (χ4n) is 4.11. The maximum absolute atomic E-state index is 13.7. The molecule has 5 aromatic rings. The minimum Gasteiger partial charge on any atom is -0.399 e. The van der Waals surface area contributed by atoms with Crippen molar-refractivity contribution in [3.05, 3.63) is 105 Å². The van der Waals surface area contributed by atoms with Gasteiger partial charge in [0.05, 0.1) is 22.0 Å². The Bertz CT molecular complexity index is 1860. The molecule has 0 aliphatic rings. The topological polar surface area (TPSA) is 159 Å². The van der Waals surface area contributed by atoms with E-state index < -0.39 is 23.8 Å². The Kier molecular flexibility index (Phi) is 8.51. The summed E-state index contributed by atoms with van der Waals surface area (Å²) < 4.78 is 40.0. The number of hydrogen-bond acceptors (Lipinski definition) is 8. The molecule has 44 heavy (non-hydrogen) atoms. The molecule has 0 atom stereocenters. The van der Waals surface area contributed by atoms with Crippen LogP contribution in [0.15, 0.2) is 60.8 Å². The van der Waals surface area contributed by atoms with Crippen molar-refractivity contribution in [1.82, 2.24) is 40.3 Å². The number of tetrazole rings is 1. The van der Waals surface area contributed by atoms with E-state index in [4.69, 9.17) is 28.9 Å². The fraction of sp³-hybridized carbons (Fsp3) is 0.148. The quantitative estimate of drug-likeness (QED) is 0.205. The summed E-state index contributed by atoms with van der Waals surface area (Å²) in [5.41, 5.74) is 7.84. The van der Waals surface area contributed by atoms with Crippen LogP contribution in [0.2, 0.25) is 10.0 Å². The molecular formula is C27H21Cl2F3N10O2. The maximum atomic E-state index is 13.7. The Morgan fingerprint density at radius 2 is 1.77 bits per heavy atom. The van der Waals surface area contributed by atoms with E-state index >= 15 is 0 Å². The number of nitrogen functional groups attached to an aromatic ring is 1. The van der Waals surface area contributed by atoms with Crippen LogP contribution in [-0.2, 0) is 19.3 Å². The molecular weight excluding hydrogens is 624 g/mol. The highest BCUT2D eigenvalue weighted by molar-refractivity contribution is 6.32. The summed E-state index contributed by atoms with van der Waals surface area (Å²) in [5, 5.41) is 20.0. The Labute approximate surface area is 257 Å². The number of halogens is 5. The van der Waals surface area contributed by atoms with Crippen molar-refractivity contribution in [3.63, 3.8) is 0 Å². The normalized spacial score (nSPS) is 11.4. The van der Waals surface area contributed by atoms with Gasteiger partial charge in [0, 0.05) is 23.5 Å². The van der Waals surface area contributed by atoms with Gasteiger partial charge >= 0.3 is 6.18 Å². The van der Waals surface area contributed by atoms with E-state index in [2.05, 4.69) is 36.1 Å². The first-order valence-corrected chi connectivity index (χ1v) is 13.4. The summed E-state index contributed by atoms with van der Waals surface area (Å²) in [6.07, 6.45) is -3.37. The zero-order valence-corrected chi connectivity index (χ0v) is 24.1. The molecule has 0 fully saturated rings. The number of hydrogen-bond donors (Lipinski definition) is 3. The summed E-state index contributed by atoms with van der Waals surface area (Å²) >= 11 is 12.6. The highest BCUT2D eigenvalue weighted by Gasteiger charge is 2.37. The molecule has 0 aliphatic heterocycles. The largest absolute Gasteiger partial charge is 0.455 e. The van der Waals surface area contributed by atoms with Crippen molar-refractivity contribution in [2.75, 3.05) is 11.1 Å². The molecule has 226 valence electrons. The molecule has 0 saturated heterocycles. The highest BCUT2D eigenvalue weighted by atomic mass is 35.5. The number of carbonyl (C=O) groups excluding carboxylic acids is 2. The van der Waals surface area contributed by atoms with Crippen molar-refractivity contribution in [2.24, 2.45) is 0 Å². The molecule has 0 radical (unpaired) electrons. The average molecular weight is 645 g/mol. The predicted octanol–water partition coefficient (Wildman–Crippen LogP) is 4.70. The van der Waals surface area contributed by atoms with Gasteiger partial charge in [0.1, 0.15) is 12.2 Å². The molecule has 3 aromatic heterocycles. The van der Waals surface area contributed by atoms with Gasteiger partial charge in [0.15, 0.2) is 5.82 Å². The molecule has 5 rings (SSSR count). The van der Waals surface area contributed by atoms with Crippen molar-refractivity contribution >= 4 is 46.4 Å². The molecule has 4 N–H and O–H groups in total. The van der Waals surface area contributed by atoms with Gasteiger partial charge in [-0.1, -0.05) is 35.3 Å². The summed E-state index contributed by atoms with van der Waals surface area (Å²) in [4.78, 5) is 31.8. The van der Waals surface area contributed by atoms with Gasteiger partial charge in [0.2, 0.25) is 0 Å². The predicted molar refractivity (Wildman–Crippen MR) is 154 cm³/mol. The number of carbonyl (C=O) groups is 2. The summed E-state index contributed by atoms with van der Waals surface area (Å²) in [5.74, 6) is -2.60. The second-order valence-electron chi connectivity index (χ2n) is 9.41. The van der Waals surface area contributed by atoms with Gasteiger partial charge in [0.25, 0.3) is 17.6 Å². The van der Waals surface area contributed by atoms with Gasteiger partial charge in [-0.05, 0) is 65.7 Å². The van der Waals surface area contributed by atoms with Crippen molar-refractivity contribution in [3.8, 4) is 5.82 Å². The smallest absolute Gasteiger partial charge is 0.399 e. The Hall–Kier alpha value is -5.02. The molecule has 0 bridgehead atoms. The van der Waals surface area contributed by atoms with Gasteiger partial charge in [-0.15, -0.1) is 10.2 Å². The van der Waals surface area contributed by atoms with E-state index in [-0.39, 0.29) is 51.6 Å². The summed E-state index contributed by atoms with van der Waals surface area (Å²) in [6.45, 7) is 1.48. The number of benzene rings is 2. The van der Waals surface area contributed by atoms with Crippen LogP contribution >= 0.6 is 23.2 Å². The number of aromatic nitrogens is 7. The average Bonchev–Trinajstić information content (AvgIpc) is 3.62. The lowest BCUT2D eigenvalue weighted by molar-refractivity contribution is -0.145. The molecule has 17 heteroatoms. The van der Waals surface area contributed by atoms with Gasteiger partial charge in [-0.3, -0.25) is 9.59 Å². The summed E-state index contributed by atoms with van der Waals surface area (Å²) in [7, 11) is 0. The standard InChI is InChI=1S/C27H21Cl2F3N10O2/c1-14-9-16(28)10-19(24(43)35-12-15-4-6-17(33)7-5-15)22(14)36-25(44)21-11-18(13-41-39-26(37-40-41)27(30,31)32)38-42(21)23-20(29)3-2-8-34-23/h2-11H,12-13,33H2,1H3,(H,35,43)(H,36,44). The van der Waals surface area contributed by atoms with E-state index in [1.807, 2.05) is 0 Å². The van der Waals surface area contributed by atoms with Crippen LogP contribution in [-0.4, -0.2) is 46.8 Å². The van der Waals surface area contributed by atoms with E-state index in [0.29, 0.717) is 16.0 Å². The zero-order chi connectivity index (χ0) is 31.6. The van der Waals surface area contributed by atoms with E-state index in [1.54, 1.807) is 43.3 Å². The number of nitrogens with two attached hydrogens (primary N) is 1. The molecule has 2 aromatic carbocycles. The van der Waals surface area contributed by atoms with E-state index in [9.17, 15) is 22.8 Å². The van der Waals surface area contributed by atoms with Gasteiger partial charge in [-0.2, -0.15) is 23.1 Å². The number of alkyl halides is 3. The van der Waals surface area contributed by atoms with Crippen LogP contribution in [0.25, 0.3) is 5.82 Å². The number of pyridine rings is 1. The number of anilines is 2. The second kappa shape index (κ2) is 12.3. The fourth-order valence-corrected chi connectivity index (χ4v) is 4.59. The first-order chi connectivity index (χ1) is 20.9. The van der Waals surface area contributed by atoms with Crippen LogP contribution < -0.4 is 16.4 Å². The van der Waals surface area contributed by atoms with Crippen LogP contribution in [0.3, 0.4) is 0 Å². The van der Waals surface area contributed by atoms with Gasteiger partial charge in [-0.25, -0.2) is 9.67 Å².